The Morgan fingerprint density at radius 3 is 3.00 bits per heavy atom. The van der Waals surface area contributed by atoms with Crippen molar-refractivity contribution in [2.45, 2.75) is 12.8 Å². The Morgan fingerprint density at radius 2 is 2.37 bits per heavy atom. The molecule has 19 heavy (non-hydrogen) atoms. The highest BCUT2D eigenvalue weighted by atomic mass is 15.4. The number of rotatable bonds is 4. The fraction of sp³-hybridized carbons (Fsp3) is 0.333. The molecule has 0 aliphatic heterocycles. The molecule has 3 N–H and O–H groups in total. The summed E-state index contributed by atoms with van der Waals surface area (Å²) >= 11 is 0. The molecule has 0 aromatic carbocycles. The first-order valence-corrected chi connectivity index (χ1v) is 6.10. The van der Waals surface area contributed by atoms with Gasteiger partial charge in [0.05, 0.1) is 0 Å². The number of nitrogens with zero attached hydrogens (tertiary/aromatic N) is 5. The summed E-state index contributed by atoms with van der Waals surface area (Å²) in [5.41, 5.74) is 6.29. The Bertz CT molecular complexity index is 622. The number of nitrogens with two attached hydrogens (primary N) is 1. The molecule has 2 heterocycles. The normalized spacial score (nSPS) is 14.1. The number of nitrogens with one attached hydrogen (secondary N) is 1. The van der Waals surface area contributed by atoms with Gasteiger partial charge in [-0.2, -0.15) is 15.0 Å². The van der Waals surface area contributed by atoms with Crippen molar-refractivity contribution in [2.24, 2.45) is 5.92 Å². The SMILES string of the molecule is N#Cc1c(NCC2CC2)nn(-c2cccnn2)c1N. The molecule has 2 aromatic heterocycles. The van der Waals surface area contributed by atoms with Gasteiger partial charge in [-0.25, -0.2) is 0 Å². The average molecular weight is 255 g/mol. The second-order valence-electron chi connectivity index (χ2n) is 4.54. The lowest BCUT2D eigenvalue weighted by molar-refractivity contribution is 0.814. The van der Waals surface area contributed by atoms with Crippen LogP contribution in [-0.2, 0) is 0 Å². The summed E-state index contributed by atoms with van der Waals surface area (Å²) in [4.78, 5) is 0. The fourth-order valence-electron chi connectivity index (χ4n) is 1.81. The van der Waals surface area contributed by atoms with Crippen LogP contribution in [0.4, 0.5) is 11.6 Å². The van der Waals surface area contributed by atoms with E-state index >= 15 is 0 Å². The molecule has 7 nitrogen and oxygen atoms in total. The molecule has 0 saturated heterocycles. The van der Waals surface area contributed by atoms with Crippen LogP contribution in [0.3, 0.4) is 0 Å². The van der Waals surface area contributed by atoms with Crippen molar-refractivity contribution in [3.8, 4) is 11.9 Å². The summed E-state index contributed by atoms with van der Waals surface area (Å²) in [5.74, 6) is 1.98. The zero-order valence-electron chi connectivity index (χ0n) is 10.2. The van der Waals surface area contributed by atoms with Crippen molar-refractivity contribution < 1.29 is 0 Å². The second-order valence-corrected chi connectivity index (χ2v) is 4.54. The van der Waals surface area contributed by atoms with Crippen molar-refractivity contribution in [1.82, 2.24) is 20.0 Å². The highest BCUT2D eigenvalue weighted by molar-refractivity contribution is 5.65. The van der Waals surface area contributed by atoms with Gasteiger partial charge in [-0.05, 0) is 30.9 Å². The van der Waals surface area contributed by atoms with Crippen LogP contribution < -0.4 is 11.1 Å². The number of nitriles is 1. The van der Waals surface area contributed by atoms with Gasteiger partial charge in [0.15, 0.2) is 11.6 Å². The molecule has 2 aromatic rings. The van der Waals surface area contributed by atoms with Gasteiger partial charge in [0.1, 0.15) is 17.5 Å². The maximum atomic E-state index is 9.18. The van der Waals surface area contributed by atoms with Crippen molar-refractivity contribution in [2.75, 3.05) is 17.6 Å². The Kier molecular flexibility index (Phi) is 2.76. The third kappa shape index (κ3) is 2.20. The molecule has 0 atom stereocenters. The van der Waals surface area contributed by atoms with Gasteiger partial charge in [0, 0.05) is 12.7 Å². The van der Waals surface area contributed by atoms with Crippen LogP contribution >= 0.6 is 0 Å². The molecule has 96 valence electrons. The molecule has 0 amide bonds. The molecule has 0 unspecified atom stereocenters. The maximum Gasteiger partial charge on any atom is 0.178 e. The Morgan fingerprint density at radius 1 is 1.53 bits per heavy atom. The van der Waals surface area contributed by atoms with Crippen LogP contribution in [-0.4, -0.2) is 26.5 Å². The van der Waals surface area contributed by atoms with Crippen LogP contribution in [0.25, 0.3) is 5.82 Å². The number of hydrogen-bond acceptors (Lipinski definition) is 6. The van der Waals surface area contributed by atoms with Gasteiger partial charge in [-0.15, -0.1) is 10.2 Å². The van der Waals surface area contributed by atoms with Crippen LogP contribution in [0.2, 0.25) is 0 Å². The quantitative estimate of drug-likeness (QED) is 0.842. The minimum atomic E-state index is 0.279. The molecule has 0 spiro atoms. The van der Waals surface area contributed by atoms with E-state index in [2.05, 4.69) is 26.7 Å². The average Bonchev–Trinajstić information content (AvgIpc) is 3.21. The predicted octanol–water partition coefficient (Wildman–Crippen LogP) is 0.938. The maximum absolute atomic E-state index is 9.18. The largest absolute Gasteiger partial charge is 0.382 e. The van der Waals surface area contributed by atoms with Crippen LogP contribution in [0.15, 0.2) is 18.3 Å². The molecule has 1 aliphatic carbocycles. The van der Waals surface area contributed by atoms with Gasteiger partial charge < -0.3 is 11.1 Å². The first kappa shape index (κ1) is 11.5. The number of aromatic nitrogens is 4. The highest BCUT2D eigenvalue weighted by Gasteiger charge is 2.23. The van der Waals surface area contributed by atoms with E-state index < -0.39 is 0 Å². The Hall–Kier alpha value is -2.62. The molecule has 0 bridgehead atoms. The van der Waals surface area contributed by atoms with Gasteiger partial charge in [0.2, 0.25) is 0 Å². The Labute approximate surface area is 110 Å². The van der Waals surface area contributed by atoms with Gasteiger partial charge in [-0.1, -0.05) is 0 Å². The van der Waals surface area contributed by atoms with E-state index in [1.165, 1.54) is 17.5 Å². The van der Waals surface area contributed by atoms with Gasteiger partial charge in [-0.3, -0.25) is 0 Å². The van der Waals surface area contributed by atoms with Gasteiger partial charge >= 0.3 is 0 Å². The molecule has 1 aliphatic rings. The number of nitrogen functional groups attached to an aromatic ring is 1. The van der Waals surface area contributed by atoms with E-state index in [0.717, 1.165) is 6.54 Å². The molecular weight excluding hydrogens is 242 g/mol. The summed E-state index contributed by atoms with van der Waals surface area (Å²) in [6.45, 7) is 0.825. The molecule has 7 heteroatoms. The zero-order valence-corrected chi connectivity index (χ0v) is 10.2. The lowest BCUT2D eigenvalue weighted by Gasteiger charge is -2.01. The Balaban J connectivity index is 1.94. The zero-order chi connectivity index (χ0) is 13.2. The topological polar surface area (TPSA) is 105 Å². The van der Waals surface area contributed by atoms with Crippen LogP contribution in [0, 0.1) is 17.2 Å². The van der Waals surface area contributed by atoms with E-state index in [9.17, 15) is 5.26 Å². The first-order valence-electron chi connectivity index (χ1n) is 6.10. The summed E-state index contributed by atoms with van der Waals surface area (Å²) in [7, 11) is 0. The smallest absolute Gasteiger partial charge is 0.178 e. The van der Waals surface area contributed by atoms with E-state index in [4.69, 9.17) is 5.73 Å². The first-order chi connectivity index (χ1) is 9.29. The van der Waals surface area contributed by atoms with E-state index in [-0.39, 0.29) is 5.82 Å². The highest BCUT2D eigenvalue weighted by Crippen LogP contribution is 2.30. The monoisotopic (exact) mass is 255 g/mol. The molecular formula is C12H13N7. The molecule has 0 radical (unpaired) electrons. The van der Waals surface area contributed by atoms with Crippen LogP contribution in [0.5, 0.6) is 0 Å². The van der Waals surface area contributed by atoms with Crippen molar-refractivity contribution in [3.05, 3.63) is 23.9 Å². The van der Waals surface area contributed by atoms with Crippen molar-refractivity contribution in [1.29, 1.82) is 5.26 Å². The van der Waals surface area contributed by atoms with E-state index in [1.54, 1.807) is 18.3 Å². The summed E-state index contributed by atoms with van der Waals surface area (Å²) in [6.07, 6.45) is 4.03. The van der Waals surface area contributed by atoms with E-state index in [1.807, 2.05) is 0 Å². The standard InChI is InChI=1S/C12H13N7/c13-6-9-11(14)19(10-2-1-5-16-17-10)18-12(9)15-7-8-3-4-8/h1-2,5,8H,3-4,7,14H2,(H,15,18). The van der Waals surface area contributed by atoms with Crippen molar-refractivity contribution >= 4 is 11.6 Å². The van der Waals surface area contributed by atoms with Gasteiger partial charge in [0.25, 0.3) is 0 Å². The summed E-state index contributed by atoms with van der Waals surface area (Å²) in [6, 6.07) is 5.56. The lowest BCUT2D eigenvalue weighted by atomic mass is 10.3. The van der Waals surface area contributed by atoms with Crippen molar-refractivity contribution in [3.63, 3.8) is 0 Å². The lowest BCUT2D eigenvalue weighted by Crippen LogP contribution is -2.06. The van der Waals surface area contributed by atoms with Crippen LogP contribution in [0.1, 0.15) is 18.4 Å². The minimum absolute atomic E-state index is 0.279. The number of hydrogen-bond donors (Lipinski definition) is 2. The number of anilines is 2. The van der Waals surface area contributed by atoms with E-state index in [0.29, 0.717) is 23.1 Å². The minimum Gasteiger partial charge on any atom is -0.382 e. The fourth-order valence-corrected chi connectivity index (χ4v) is 1.81. The molecule has 3 rings (SSSR count). The third-order valence-corrected chi connectivity index (χ3v) is 3.06. The summed E-state index contributed by atoms with van der Waals surface area (Å²) < 4.78 is 1.43. The third-order valence-electron chi connectivity index (χ3n) is 3.06. The second kappa shape index (κ2) is 4.57. The molecule has 1 fully saturated rings. The summed E-state index contributed by atoms with van der Waals surface area (Å²) in [5, 5.41) is 24.4. The molecule has 1 saturated carbocycles. The predicted molar refractivity (Wildman–Crippen MR) is 69.5 cm³/mol.